The molecule has 0 aliphatic heterocycles. The Morgan fingerprint density at radius 1 is 1.54 bits per heavy atom. The summed E-state index contributed by atoms with van der Waals surface area (Å²) in [5.74, 6) is 0. The van der Waals surface area contributed by atoms with Crippen LogP contribution < -0.4 is 5.32 Å². The van der Waals surface area contributed by atoms with Gasteiger partial charge in [0.1, 0.15) is 6.54 Å². The van der Waals surface area contributed by atoms with Gasteiger partial charge in [-0.1, -0.05) is 22.9 Å². The molecular formula is C10H11BrN2. The van der Waals surface area contributed by atoms with Gasteiger partial charge >= 0.3 is 0 Å². The second-order valence-corrected chi connectivity index (χ2v) is 3.58. The standard InChI is InChI=1S/C10H11BrN2/c1-2-8-7-9(11)3-4-10(8)13-6-5-12/h3-4,7,13H,2,6H2,1H3. The molecule has 1 aromatic carbocycles. The van der Waals surface area contributed by atoms with Gasteiger partial charge in [-0.05, 0) is 30.2 Å². The van der Waals surface area contributed by atoms with Gasteiger partial charge in [-0.25, -0.2) is 0 Å². The topological polar surface area (TPSA) is 35.8 Å². The predicted octanol–water partition coefficient (Wildman–Crippen LogP) is 2.95. The lowest BCUT2D eigenvalue weighted by Gasteiger charge is -2.08. The summed E-state index contributed by atoms with van der Waals surface area (Å²) in [6.07, 6.45) is 0.965. The van der Waals surface area contributed by atoms with Gasteiger partial charge in [-0.2, -0.15) is 5.26 Å². The first-order valence-corrected chi connectivity index (χ1v) is 4.96. The smallest absolute Gasteiger partial charge is 0.103 e. The van der Waals surface area contributed by atoms with E-state index in [1.54, 1.807) is 0 Å². The third-order valence-electron chi connectivity index (χ3n) is 1.81. The van der Waals surface area contributed by atoms with E-state index in [2.05, 4.69) is 40.3 Å². The number of hydrogen-bond donors (Lipinski definition) is 1. The van der Waals surface area contributed by atoms with Crippen LogP contribution in [0.15, 0.2) is 22.7 Å². The molecule has 0 aromatic heterocycles. The van der Waals surface area contributed by atoms with Crippen molar-refractivity contribution in [3.05, 3.63) is 28.2 Å². The monoisotopic (exact) mass is 238 g/mol. The number of nitrogens with one attached hydrogen (secondary N) is 1. The largest absolute Gasteiger partial charge is 0.372 e. The van der Waals surface area contributed by atoms with Crippen LogP contribution in [0.2, 0.25) is 0 Å². The number of rotatable bonds is 3. The van der Waals surface area contributed by atoms with Crippen molar-refractivity contribution in [3.63, 3.8) is 0 Å². The molecule has 0 aliphatic rings. The predicted molar refractivity (Wildman–Crippen MR) is 57.6 cm³/mol. The van der Waals surface area contributed by atoms with Crippen LogP contribution in [0, 0.1) is 11.3 Å². The second-order valence-electron chi connectivity index (χ2n) is 2.67. The Hall–Kier alpha value is -1.01. The molecule has 1 rings (SSSR count). The van der Waals surface area contributed by atoms with Crippen molar-refractivity contribution in [1.82, 2.24) is 0 Å². The summed E-state index contributed by atoms with van der Waals surface area (Å²) in [6.45, 7) is 2.45. The van der Waals surface area contributed by atoms with E-state index in [4.69, 9.17) is 5.26 Å². The zero-order valence-corrected chi connectivity index (χ0v) is 9.06. The molecule has 0 saturated heterocycles. The van der Waals surface area contributed by atoms with Crippen molar-refractivity contribution in [3.8, 4) is 6.07 Å². The minimum absolute atomic E-state index is 0.356. The first-order chi connectivity index (χ1) is 6.27. The zero-order valence-electron chi connectivity index (χ0n) is 7.47. The van der Waals surface area contributed by atoms with Gasteiger partial charge < -0.3 is 5.32 Å². The third kappa shape index (κ3) is 2.74. The lowest BCUT2D eigenvalue weighted by Crippen LogP contribution is -2.01. The fourth-order valence-electron chi connectivity index (χ4n) is 1.16. The summed E-state index contributed by atoms with van der Waals surface area (Å²) in [5, 5.41) is 11.5. The number of hydrogen-bond acceptors (Lipinski definition) is 2. The highest BCUT2D eigenvalue weighted by Gasteiger charge is 1.99. The van der Waals surface area contributed by atoms with Gasteiger partial charge in [0.15, 0.2) is 0 Å². The zero-order chi connectivity index (χ0) is 9.68. The molecule has 0 atom stereocenters. The Labute approximate surface area is 86.7 Å². The fraction of sp³-hybridized carbons (Fsp3) is 0.300. The van der Waals surface area contributed by atoms with Gasteiger partial charge in [0, 0.05) is 10.2 Å². The van der Waals surface area contributed by atoms with Crippen LogP contribution in [0.25, 0.3) is 0 Å². The molecule has 1 aromatic rings. The van der Waals surface area contributed by atoms with Gasteiger partial charge in [-0.15, -0.1) is 0 Å². The molecular weight excluding hydrogens is 228 g/mol. The second kappa shape index (κ2) is 4.88. The number of aryl methyl sites for hydroxylation is 1. The van der Waals surface area contributed by atoms with E-state index in [-0.39, 0.29) is 0 Å². The van der Waals surface area contributed by atoms with E-state index in [1.807, 2.05) is 12.1 Å². The van der Waals surface area contributed by atoms with E-state index < -0.39 is 0 Å². The first kappa shape index (κ1) is 10.1. The quantitative estimate of drug-likeness (QED) is 0.823. The average Bonchev–Trinajstić information content (AvgIpc) is 2.16. The van der Waals surface area contributed by atoms with Gasteiger partial charge in [0.05, 0.1) is 6.07 Å². The van der Waals surface area contributed by atoms with E-state index in [0.29, 0.717) is 6.54 Å². The summed E-state index contributed by atoms with van der Waals surface area (Å²) in [4.78, 5) is 0. The Morgan fingerprint density at radius 3 is 2.92 bits per heavy atom. The minimum atomic E-state index is 0.356. The molecule has 0 spiro atoms. The molecule has 0 saturated carbocycles. The van der Waals surface area contributed by atoms with Crippen molar-refractivity contribution < 1.29 is 0 Å². The molecule has 0 unspecified atom stereocenters. The minimum Gasteiger partial charge on any atom is -0.372 e. The fourth-order valence-corrected chi connectivity index (χ4v) is 1.57. The van der Waals surface area contributed by atoms with Gasteiger partial charge in [-0.3, -0.25) is 0 Å². The van der Waals surface area contributed by atoms with Crippen molar-refractivity contribution in [1.29, 1.82) is 5.26 Å². The van der Waals surface area contributed by atoms with Crippen LogP contribution in [0.5, 0.6) is 0 Å². The summed E-state index contributed by atoms with van der Waals surface area (Å²) in [6, 6.07) is 8.09. The van der Waals surface area contributed by atoms with Crippen LogP contribution >= 0.6 is 15.9 Å². The van der Waals surface area contributed by atoms with Crippen molar-refractivity contribution in [2.75, 3.05) is 11.9 Å². The lowest BCUT2D eigenvalue weighted by molar-refractivity contribution is 1.13. The summed E-state index contributed by atoms with van der Waals surface area (Å²) >= 11 is 3.41. The van der Waals surface area contributed by atoms with Crippen LogP contribution in [-0.2, 0) is 6.42 Å². The van der Waals surface area contributed by atoms with E-state index in [9.17, 15) is 0 Å². The number of benzene rings is 1. The molecule has 0 bridgehead atoms. The van der Waals surface area contributed by atoms with E-state index >= 15 is 0 Å². The molecule has 3 heteroatoms. The molecule has 0 amide bonds. The van der Waals surface area contributed by atoms with Crippen molar-refractivity contribution in [2.24, 2.45) is 0 Å². The highest BCUT2D eigenvalue weighted by molar-refractivity contribution is 9.10. The average molecular weight is 239 g/mol. The molecule has 2 nitrogen and oxygen atoms in total. The number of anilines is 1. The lowest BCUT2D eigenvalue weighted by atomic mass is 10.1. The van der Waals surface area contributed by atoms with Crippen LogP contribution in [0.4, 0.5) is 5.69 Å². The normalized spacial score (nSPS) is 9.31. The summed E-state index contributed by atoms with van der Waals surface area (Å²) in [5.41, 5.74) is 2.27. The number of halogens is 1. The van der Waals surface area contributed by atoms with Crippen LogP contribution in [0.3, 0.4) is 0 Å². The first-order valence-electron chi connectivity index (χ1n) is 4.17. The van der Waals surface area contributed by atoms with E-state index in [1.165, 1.54) is 5.56 Å². The highest BCUT2D eigenvalue weighted by Crippen LogP contribution is 2.21. The van der Waals surface area contributed by atoms with Crippen LogP contribution in [0.1, 0.15) is 12.5 Å². The highest BCUT2D eigenvalue weighted by atomic mass is 79.9. The maximum absolute atomic E-state index is 8.42. The Bertz CT molecular complexity index is 328. The Balaban J connectivity index is 2.87. The molecule has 13 heavy (non-hydrogen) atoms. The molecule has 0 aliphatic carbocycles. The summed E-state index contributed by atoms with van der Waals surface area (Å²) in [7, 11) is 0. The number of nitrogens with zero attached hydrogens (tertiary/aromatic N) is 1. The van der Waals surface area contributed by atoms with Gasteiger partial charge in [0.25, 0.3) is 0 Å². The van der Waals surface area contributed by atoms with Crippen molar-refractivity contribution in [2.45, 2.75) is 13.3 Å². The maximum Gasteiger partial charge on any atom is 0.103 e. The molecule has 0 radical (unpaired) electrons. The number of nitriles is 1. The Morgan fingerprint density at radius 2 is 2.31 bits per heavy atom. The van der Waals surface area contributed by atoms with Gasteiger partial charge in [0.2, 0.25) is 0 Å². The summed E-state index contributed by atoms with van der Waals surface area (Å²) < 4.78 is 1.08. The van der Waals surface area contributed by atoms with Crippen molar-refractivity contribution >= 4 is 21.6 Å². The molecule has 0 fully saturated rings. The SMILES string of the molecule is CCc1cc(Br)ccc1NCC#N. The van der Waals surface area contributed by atoms with Crippen LogP contribution in [-0.4, -0.2) is 6.54 Å². The maximum atomic E-state index is 8.42. The van der Waals surface area contributed by atoms with E-state index in [0.717, 1.165) is 16.6 Å². The third-order valence-corrected chi connectivity index (χ3v) is 2.30. The molecule has 0 heterocycles. The molecule has 1 N–H and O–H groups in total. The Kier molecular flexibility index (Phi) is 3.78. The molecule has 68 valence electrons.